The molecule has 1 atom stereocenters. The number of quaternary nitrogens is 1. The fourth-order valence-corrected chi connectivity index (χ4v) is 7.94. The van der Waals surface area contributed by atoms with E-state index in [1.165, 1.54) is 56.9 Å². The molecule has 0 aromatic heterocycles. The van der Waals surface area contributed by atoms with Crippen molar-refractivity contribution in [2.75, 3.05) is 44.0 Å². The fraction of sp³-hybridized carbons (Fsp3) is 0.429. The predicted molar refractivity (Wildman–Crippen MR) is 188 cm³/mol. The first-order chi connectivity index (χ1) is 20.9. The van der Waals surface area contributed by atoms with Gasteiger partial charge in [0, 0.05) is 17.9 Å². The summed E-state index contributed by atoms with van der Waals surface area (Å²) in [5.41, 5.74) is 11.4. The molecule has 4 rings (SSSR count). The molecule has 11 heteroatoms. The van der Waals surface area contributed by atoms with Gasteiger partial charge in [0.05, 0.1) is 33.7 Å². The summed E-state index contributed by atoms with van der Waals surface area (Å²) in [7, 11) is 18.4. The van der Waals surface area contributed by atoms with Gasteiger partial charge in [-0.05, 0) is 63.8 Å². The smallest absolute Gasteiger partial charge is 0.0979 e. The van der Waals surface area contributed by atoms with Gasteiger partial charge in [0.15, 0.2) is 0 Å². The molecule has 3 aromatic rings. The number of aryl methyl sites for hydroxylation is 6. The molecular weight excluding hydrogens is 732 g/mol. The van der Waals surface area contributed by atoms with Crippen LogP contribution in [0, 0.1) is 58.3 Å². The van der Waals surface area contributed by atoms with Gasteiger partial charge >= 0.3 is 112 Å². The van der Waals surface area contributed by atoms with Crippen molar-refractivity contribution in [3.63, 3.8) is 0 Å². The Morgan fingerprint density at radius 2 is 1.46 bits per heavy atom. The summed E-state index contributed by atoms with van der Waals surface area (Å²) >= 11 is -2.05. The van der Waals surface area contributed by atoms with Crippen LogP contribution in [-0.2, 0) is 13.5 Å². The number of likely N-dealkylation sites (N-methyl/N-ethyl adjacent to an activating group) is 1. The van der Waals surface area contributed by atoms with Gasteiger partial charge in [0.25, 0.3) is 0 Å². The van der Waals surface area contributed by atoms with E-state index in [1.54, 1.807) is 10.7 Å². The number of nitrogens with zero attached hydrogens (tertiary/aromatic N) is 4. The van der Waals surface area contributed by atoms with Gasteiger partial charge in [0.2, 0.25) is 0 Å². The van der Waals surface area contributed by atoms with Crippen molar-refractivity contribution in [2.45, 2.75) is 67.5 Å². The number of hydrogen-bond acceptors (Lipinski definition) is 5. The molecule has 0 saturated carbocycles. The number of nitro groups is 1. The van der Waals surface area contributed by atoms with Crippen LogP contribution in [-0.4, -0.2) is 60.4 Å². The number of ether oxygens (including phenoxy) is 1. The Bertz CT molecular complexity index is 1520. The first kappa shape index (κ1) is 40.0. The normalized spacial score (nSPS) is 14.8. The maximum absolute atomic E-state index is 10.7. The second kappa shape index (κ2) is 16.7. The fourth-order valence-electron chi connectivity index (χ4n) is 6.15. The minimum atomic E-state index is -2.05. The van der Waals surface area contributed by atoms with Crippen LogP contribution >= 0.6 is 19.4 Å². The Labute approximate surface area is 295 Å². The molecule has 1 aliphatic heterocycles. The molecule has 3 aromatic carbocycles. The van der Waals surface area contributed by atoms with E-state index < -0.39 is 18.4 Å². The second-order valence-corrected chi connectivity index (χ2v) is 19.0. The van der Waals surface area contributed by atoms with Crippen LogP contribution < -0.4 is 26.9 Å². The minimum absolute atomic E-state index is 0. The summed E-state index contributed by atoms with van der Waals surface area (Å²) in [5.74, 6) is 0.561. The molecule has 1 heterocycles. The van der Waals surface area contributed by atoms with E-state index in [0.29, 0.717) is 17.4 Å². The van der Waals surface area contributed by atoms with Crippen LogP contribution in [0.4, 0.5) is 17.1 Å². The second-order valence-electron chi connectivity index (χ2n) is 13.2. The monoisotopic (exact) mass is 779 g/mol. The molecule has 0 amide bonds. The van der Waals surface area contributed by atoms with Crippen molar-refractivity contribution in [2.24, 2.45) is 0 Å². The first-order valence-corrected chi connectivity index (χ1v) is 20.5. The van der Waals surface area contributed by atoms with Crippen molar-refractivity contribution in [3.05, 3.63) is 98.2 Å². The summed E-state index contributed by atoms with van der Waals surface area (Å²) in [6.45, 7) is 21.6. The Morgan fingerprint density at radius 1 is 0.957 bits per heavy atom. The molecule has 0 bridgehead atoms. The molecule has 0 radical (unpaired) electrons. The van der Waals surface area contributed by atoms with Gasteiger partial charge in [-0.25, -0.2) is 0 Å². The largest absolute Gasteiger partial charge is 1.00 e. The third-order valence-corrected chi connectivity index (χ3v) is 9.23. The number of anilines is 2. The Morgan fingerprint density at radius 3 is 1.89 bits per heavy atom. The topological polar surface area (TPSA) is 58.9 Å². The minimum Gasteiger partial charge on any atom is -1.00 e. The third kappa shape index (κ3) is 10.9. The van der Waals surface area contributed by atoms with Gasteiger partial charge in [-0.2, -0.15) is 6.67 Å². The van der Waals surface area contributed by atoms with Crippen LogP contribution in [0.1, 0.15) is 52.8 Å². The summed E-state index contributed by atoms with van der Waals surface area (Å²) in [5, 5.41) is 10.7. The average molecular weight is 780 g/mol. The number of halogens is 3. The van der Waals surface area contributed by atoms with E-state index in [9.17, 15) is 10.1 Å². The van der Waals surface area contributed by atoms with Crippen LogP contribution in [0.5, 0.6) is 5.75 Å². The Kier molecular flexibility index (Phi) is 14.5. The Hall–Kier alpha value is -2.22. The number of nitro benzene ring substituents is 1. The maximum Gasteiger partial charge on any atom is 0.0979 e. The zero-order chi connectivity index (χ0) is 33.8. The van der Waals surface area contributed by atoms with E-state index in [-0.39, 0.29) is 24.2 Å². The quantitative estimate of drug-likeness (QED) is 0.0993. The van der Waals surface area contributed by atoms with Crippen LogP contribution in [0.2, 0.25) is 0 Å². The predicted octanol–water partition coefficient (Wildman–Crippen LogP) is 5.52. The SMILES string of the molecule is CC(C)Oc1ccc([N+](=O)[O-])cc1[CH]=[Ru]([Cl])[Cl].Cc1cc(C)c(N2[CH-]N(c3c(C)cc(C)cc3C)C(C[N+](C)(C)C)C2)c(C)c1.[Cl-]. The number of non-ortho nitro benzene ring substituents is 1. The van der Waals surface area contributed by atoms with Gasteiger partial charge in [0.1, 0.15) is 0 Å². The first-order valence-electron chi connectivity index (χ1n) is 15.0. The number of hydrogen-bond donors (Lipinski definition) is 0. The van der Waals surface area contributed by atoms with Gasteiger partial charge in [-0.1, -0.05) is 35.4 Å². The van der Waals surface area contributed by atoms with Crippen molar-refractivity contribution in [3.8, 4) is 5.75 Å². The zero-order valence-corrected chi connectivity index (χ0v) is 32.8. The summed E-state index contributed by atoms with van der Waals surface area (Å²) in [6.07, 6.45) is -0.0186. The van der Waals surface area contributed by atoms with E-state index in [2.05, 4.69) is 103 Å². The van der Waals surface area contributed by atoms with Crippen molar-refractivity contribution in [1.82, 2.24) is 0 Å². The third-order valence-electron chi connectivity index (χ3n) is 7.39. The van der Waals surface area contributed by atoms with E-state index in [0.717, 1.165) is 17.6 Å². The molecule has 7 nitrogen and oxygen atoms in total. The molecule has 1 aliphatic rings. The zero-order valence-electron chi connectivity index (χ0n) is 28.8. The van der Waals surface area contributed by atoms with E-state index in [1.807, 2.05) is 13.8 Å². The molecule has 1 unspecified atom stereocenters. The maximum atomic E-state index is 10.7. The molecule has 0 spiro atoms. The summed E-state index contributed by atoms with van der Waals surface area (Å²) < 4.78 is 8.13. The van der Waals surface area contributed by atoms with E-state index >= 15 is 0 Å². The van der Waals surface area contributed by atoms with Crippen molar-refractivity contribution in [1.29, 1.82) is 0 Å². The van der Waals surface area contributed by atoms with Gasteiger partial charge in [-0.3, -0.25) is 0 Å². The van der Waals surface area contributed by atoms with Crippen molar-refractivity contribution < 1.29 is 40.1 Å². The molecule has 46 heavy (non-hydrogen) atoms. The molecule has 256 valence electrons. The molecule has 0 N–H and O–H groups in total. The summed E-state index contributed by atoms with van der Waals surface area (Å²) in [6, 6.07) is 14.0. The van der Waals surface area contributed by atoms with Crippen LogP contribution in [0.25, 0.3) is 0 Å². The average Bonchev–Trinajstić information content (AvgIpc) is 3.24. The van der Waals surface area contributed by atoms with Gasteiger partial charge in [-0.15, -0.1) is 0 Å². The number of benzene rings is 3. The molecule has 1 fully saturated rings. The molecule has 1 saturated heterocycles. The standard InChI is InChI=1S/C25H37N3.C10H11NO3.3ClH.Ru/c1-17-10-19(3)24(20(4)11-17)26-14-23(15-28(7,8)9)27(16-26)25-21(5)12-18(2)13-22(25)6;1-7(2)14-10-5-4-9(11(12)13)6-8(10)3;;;;/h10-13,16,23H,14-15H2,1-9H3;3-7H,1-2H3;3*1H;/q;;;;;+2/p-3. The van der Waals surface area contributed by atoms with Crippen molar-refractivity contribution >= 4 is 41.1 Å². The molecular formula is C35H48Cl3N4O3Ru-. The Balaban J connectivity index is 0.000000353. The van der Waals surface area contributed by atoms with Gasteiger partial charge < -0.3 is 26.7 Å². The summed E-state index contributed by atoms with van der Waals surface area (Å²) in [4.78, 5) is 15.2. The number of rotatable bonds is 8. The van der Waals surface area contributed by atoms with Crippen LogP contribution in [0.3, 0.4) is 0 Å². The van der Waals surface area contributed by atoms with E-state index in [4.69, 9.17) is 24.1 Å². The van der Waals surface area contributed by atoms with Crippen LogP contribution in [0.15, 0.2) is 42.5 Å². The molecule has 0 aliphatic carbocycles.